The highest BCUT2D eigenvalue weighted by Crippen LogP contribution is 2.35. The Labute approximate surface area is 230 Å². The first-order chi connectivity index (χ1) is 19.2. The average molecular weight is 548 g/mol. The third-order valence-corrected chi connectivity index (χ3v) is 5.75. The Hall–Kier alpha value is -4.93. The van der Waals surface area contributed by atoms with Gasteiger partial charge in [-0.3, -0.25) is 14.9 Å². The van der Waals surface area contributed by atoms with Crippen molar-refractivity contribution >= 4 is 28.5 Å². The highest BCUT2D eigenvalue weighted by Gasteiger charge is 2.27. The number of esters is 2. The Morgan fingerprint density at radius 2 is 1.68 bits per heavy atom. The zero-order valence-electron chi connectivity index (χ0n) is 22.6. The van der Waals surface area contributed by atoms with Gasteiger partial charge in [-0.05, 0) is 70.2 Å². The molecule has 0 spiro atoms. The molecule has 0 bridgehead atoms. The van der Waals surface area contributed by atoms with Crippen LogP contribution in [-0.4, -0.2) is 45.7 Å². The highest BCUT2D eigenvalue weighted by molar-refractivity contribution is 6.07. The molecule has 0 atom stereocenters. The largest absolute Gasteiger partial charge is 0.491 e. The van der Waals surface area contributed by atoms with Gasteiger partial charge < -0.3 is 23.5 Å². The van der Waals surface area contributed by atoms with E-state index < -0.39 is 16.9 Å². The number of pyridine rings is 1. The molecule has 0 aliphatic carbocycles. The van der Waals surface area contributed by atoms with E-state index in [9.17, 15) is 19.7 Å². The molecule has 4 aromatic rings. The molecule has 0 unspecified atom stereocenters. The fourth-order valence-corrected chi connectivity index (χ4v) is 4.24. The Morgan fingerprint density at radius 3 is 2.27 bits per heavy atom. The number of aromatic nitrogens is 2. The maximum absolute atomic E-state index is 13.3. The second-order valence-corrected chi connectivity index (χ2v) is 8.91. The van der Waals surface area contributed by atoms with Gasteiger partial charge in [0.15, 0.2) is 0 Å². The molecular formula is C29H29N3O8. The van der Waals surface area contributed by atoms with Crippen molar-refractivity contribution in [3.8, 4) is 23.1 Å². The molecule has 0 amide bonds. The lowest BCUT2D eigenvalue weighted by Crippen LogP contribution is -2.15. The summed E-state index contributed by atoms with van der Waals surface area (Å²) in [5.41, 5.74) is 1.76. The van der Waals surface area contributed by atoms with Crippen molar-refractivity contribution in [2.45, 2.75) is 40.2 Å². The van der Waals surface area contributed by atoms with E-state index in [1.54, 1.807) is 32.0 Å². The van der Waals surface area contributed by atoms with Crippen LogP contribution in [0.5, 0.6) is 17.4 Å². The van der Waals surface area contributed by atoms with E-state index in [2.05, 4.69) is 4.98 Å². The zero-order chi connectivity index (χ0) is 28.8. The van der Waals surface area contributed by atoms with Crippen LogP contribution in [0.15, 0.2) is 60.8 Å². The summed E-state index contributed by atoms with van der Waals surface area (Å²) in [5, 5.41) is 11.4. The van der Waals surface area contributed by atoms with Crippen molar-refractivity contribution in [2.75, 3.05) is 13.2 Å². The summed E-state index contributed by atoms with van der Waals surface area (Å²) in [6.45, 7) is 7.60. The summed E-state index contributed by atoms with van der Waals surface area (Å²) in [6, 6.07) is 15.1. The maximum atomic E-state index is 13.3. The summed E-state index contributed by atoms with van der Waals surface area (Å²) in [4.78, 5) is 40.3. The highest BCUT2D eigenvalue weighted by atomic mass is 16.6. The second kappa shape index (κ2) is 12.3. The normalized spacial score (nSPS) is 10.9. The number of carbonyl (C=O) groups excluding carboxylic acids is 2. The second-order valence-electron chi connectivity index (χ2n) is 8.91. The third-order valence-electron chi connectivity index (χ3n) is 5.75. The number of fused-ring (bicyclic) bond motifs is 1. The van der Waals surface area contributed by atoms with Crippen molar-refractivity contribution in [1.82, 2.24) is 9.55 Å². The van der Waals surface area contributed by atoms with E-state index in [1.807, 2.05) is 42.7 Å². The van der Waals surface area contributed by atoms with Gasteiger partial charge in [-0.1, -0.05) is 0 Å². The Balaban J connectivity index is 1.87. The van der Waals surface area contributed by atoms with Crippen LogP contribution in [0, 0.1) is 10.1 Å². The van der Waals surface area contributed by atoms with Gasteiger partial charge in [-0.15, -0.1) is 0 Å². The first-order valence-corrected chi connectivity index (χ1v) is 12.8. The number of carbonyl (C=O) groups is 2. The van der Waals surface area contributed by atoms with Gasteiger partial charge in [0.1, 0.15) is 17.7 Å². The van der Waals surface area contributed by atoms with Gasteiger partial charge in [-0.2, -0.15) is 0 Å². The number of hydrogen-bond acceptors (Lipinski definition) is 9. The lowest BCUT2D eigenvalue weighted by Gasteiger charge is -2.14. The fraction of sp³-hybridized carbons (Fsp3) is 0.276. The van der Waals surface area contributed by atoms with Crippen LogP contribution in [0.3, 0.4) is 0 Å². The number of benzene rings is 2. The van der Waals surface area contributed by atoms with E-state index in [0.717, 1.165) is 6.20 Å². The Morgan fingerprint density at radius 1 is 0.975 bits per heavy atom. The molecule has 0 aliphatic rings. The molecule has 11 heteroatoms. The SMILES string of the molecule is CCOC(=O)Cc1c(C(=O)OCC)c2cc(Oc3ccc([N+](=O)[O-])cn3)ccc2n1-c1ccc(OC(C)C)cc1. The topological polar surface area (TPSA) is 132 Å². The quantitative estimate of drug-likeness (QED) is 0.130. The van der Waals surface area contributed by atoms with Gasteiger partial charge in [0.2, 0.25) is 5.88 Å². The van der Waals surface area contributed by atoms with Gasteiger partial charge >= 0.3 is 11.9 Å². The number of nitrogens with zero attached hydrogens (tertiary/aromatic N) is 3. The molecule has 208 valence electrons. The summed E-state index contributed by atoms with van der Waals surface area (Å²) in [5.74, 6) is 0.0490. The standard InChI is InChI=1S/C29H29N3O8/c1-5-37-27(33)16-25-28(29(34)38-6-2)23-15-22(40-26-14-9-20(17-30-26)32(35)36)12-13-24(23)31(25)19-7-10-21(11-8-19)39-18(3)4/h7-15,17-18H,5-6,16H2,1-4H3. The minimum Gasteiger partial charge on any atom is -0.491 e. The average Bonchev–Trinajstić information content (AvgIpc) is 3.22. The zero-order valence-corrected chi connectivity index (χ0v) is 22.6. The van der Waals surface area contributed by atoms with Gasteiger partial charge in [0.05, 0.1) is 41.7 Å². The minimum atomic E-state index is -0.601. The summed E-state index contributed by atoms with van der Waals surface area (Å²) in [6.07, 6.45) is 0.913. The molecule has 40 heavy (non-hydrogen) atoms. The van der Waals surface area contributed by atoms with Crippen LogP contribution >= 0.6 is 0 Å². The van der Waals surface area contributed by atoms with Crippen molar-refractivity contribution in [3.63, 3.8) is 0 Å². The van der Waals surface area contributed by atoms with E-state index in [4.69, 9.17) is 18.9 Å². The molecule has 0 aliphatic heterocycles. The molecular weight excluding hydrogens is 518 g/mol. The van der Waals surface area contributed by atoms with E-state index in [0.29, 0.717) is 33.8 Å². The monoisotopic (exact) mass is 547 g/mol. The van der Waals surface area contributed by atoms with Crippen LogP contribution in [0.4, 0.5) is 5.69 Å². The van der Waals surface area contributed by atoms with Gasteiger partial charge in [0, 0.05) is 28.9 Å². The first kappa shape index (κ1) is 28.1. The summed E-state index contributed by atoms with van der Waals surface area (Å²) >= 11 is 0. The molecule has 0 saturated heterocycles. The minimum absolute atomic E-state index is 0.00304. The predicted octanol–water partition coefficient (Wildman–Crippen LogP) is 5.80. The van der Waals surface area contributed by atoms with Crippen molar-refractivity contribution in [2.24, 2.45) is 0 Å². The van der Waals surface area contributed by atoms with Crippen molar-refractivity contribution in [3.05, 3.63) is 82.2 Å². The van der Waals surface area contributed by atoms with Crippen molar-refractivity contribution < 1.29 is 33.5 Å². The Bertz CT molecular complexity index is 1530. The summed E-state index contributed by atoms with van der Waals surface area (Å²) < 4.78 is 24.0. The molecule has 0 radical (unpaired) electrons. The van der Waals surface area contributed by atoms with Gasteiger partial charge in [0.25, 0.3) is 5.69 Å². The number of hydrogen-bond donors (Lipinski definition) is 0. The summed E-state index contributed by atoms with van der Waals surface area (Å²) in [7, 11) is 0. The number of rotatable bonds is 11. The van der Waals surface area contributed by atoms with Crippen LogP contribution < -0.4 is 9.47 Å². The van der Waals surface area contributed by atoms with Crippen molar-refractivity contribution in [1.29, 1.82) is 0 Å². The molecule has 0 N–H and O–H groups in total. The number of nitro groups is 1. The van der Waals surface area contributed by atoms with E-state index in [-0.39, 0.29) is 42.9 Å². The maximum Gasteiger partial charge on any atom is 0.340 e. The third kappa shape index (κ3) is 6.20. The Kier molecular flexibility index (Phi) is 8.63. The molecule has 2 aromatic heterocycles. The van der Waals surface area contributed by atoms with Crippen LogP contribution in [0.1, 0.15) is 43.7 Å². The predicted molar refractivity (Wildman–Crippen MR) is 146 cm³/mol. The molecule has 0 fully saturated rings. The molecule has 0 saturated carbocycles. The van der Waals surface area contributed by atoms with E-state index >= 15 is 0 Å². The lowest BCUT2D eigenvalue weighted by atomic mass is 10.1. The molecule has 4 rings (SSSR count). The van der Waals surface area contributed by atoms with Crippen LogP contribution in [0.25, 0.3) is 16.6 Å². The lowest BCUT2D eigenvalue weighted by molar-refractivity contribution is -0.385. The van der Waals surface area contributed by atoms with E-state index in [1.165, 1.54) is 12.1 Å². The first-order valence-electron chi connectivity index (χ1n) is 12.8. The molecule has 11 nitrogen and oxygen atoms in total. The molecule has 2 heterocycles. The fourth-order valence-electron chi connectivity index (χ4n) is 4.24. The van der Waals surface area contributed by atoms with Crippen LogP contribution in [-0.2, 0) is 20.7 Å². The van der Waals surface area contributed by atoms with Crippen LogP contribution in [0.2, 0.25) is 0 Å². The molecule has 2 aromatic carbocycles. The smallest absolute Gasteiger partial charge is 0.340 e. The number of ether oxygens (including phenoxy) is 4. The van der Waals surface area contributed by atoms with Gasteiger partial charge in [-0.25, -0.2) is 9.78 Å².